The number of hydrogen-bond acceptors (Lipinski definition) is 9. The van der Waals surface area contributed by atoms with Gasteiger partial charge in [-0.25, -0.2) is 0 Å². The summed E-state index contributed by atoms with van der Waals surface area (Å²) in [7, 11) is 0. The van der Waals surface area contributed by atoms with Gasteiger partial charge in [-0.05, 0) is 0 Å². The first-order valence-electron chi connectivity index (χ1n) is 8.21. The Morgan fingerprint density at radius 3 is 2.04 bits per heavy atom. The number of benzene rings is 1. The van der Waals surface area contributed by atoms with Crippen LogP contribution < -0.4 is 16.3 Å². The Morgan fingerprint density at radius 1 is 0.964 bits per heavy atom. The third kappa shape index (κ3) is 4.80. The van der Waals surface area contributed by atoms with Crippen LogP contribution in [0.1, 0.15) is 13.8 Å². The predicted molar refractivity (Wildman–Crippen MR) is 135 cm³/mol. The summed E-state index contributed by atoms with van der Waals surface area (Å²) < 4.78 is 31.8. The second-order valence-electron chi connectivity index (χ2n) is 5.21. The van der Waals surface area contributed by atoms with Crippen LogP contribution in [-0.4, -0.2) is 25.7 Å². The molecule has 0 N–H and O–H groups in total. The number of thioether (sulfide) groups is 6. The molecule has 1 aromatic heterocycles. The van der Waals surface area contributed by atoms with E-state index < -0.39 is 14.2 Å². The summed E-state index contributed by atoms with van der Waals surface area (Å²) in [4.78, 5) is 2.42. The summed E-state index contributed by atoms with van der Waals surface area (Å²) in [5.41, 5.74) is 0. The van der Waals surface area contributed by atoms with Crippen molar-refractivity contribution >= 4 is 120 Å². The van der Waals surface area contributed by atoms with Crippen molar-refractivity contribution in [1.29, 1.82) is 0 Å². The zero-order chi connectivity index (χ0) is 19.7. The molecule has 0 bridgehead atoms. The summed E-state index contributed by atoms with van der Waals surface area (Å²) >= 11 is 10.6. The fourth-order valence-corrected chi connectivity index (χ4v) is 16.2. The van der Waals surface area contributed by atoms with Crippen molar-refractivity contribution in [3.05, 3.63) is 41.1 Å². The first-order chi connectivity index (χ1) is 13.6. The summed E-state index contributed by atoms with van der Waals surface area (Å²) in [5, 5.41) is 0. The Morgan fingerprint density at radius 2 is 1.54 bits per heavy atom. The van der Waals surface area contributed by atoms with Crippen molar-refractivity contribution in [1.82, 2.24) is 0 Å². The standard InChI is InChI=1S/C17H14O2S8Se/c1-3-20-13-14(21-4-2)26-16(25-13)15-24-11(17(27-15)28(18)19)12-22-9-7-5-6-8-10(9)23-12/h5-8H,3-4H2,1-2H3. The molecule has 0 radical (unpaired) electrons. The molecule has 2 nitrogen and oxygen atoms in total. The van der Waals surface area contributed by atoms with Gasteiger partial charge in [-0.2, -0.15) is 0 Å². The Hall–Kier alpha value is 1.13. The van der Waals surface area contributed by atoms with E-state index in [0.717, 1.165) is 24.1 Å². The summed E-state index contributed by atoms with van der Waals surface area (Å²) in [6, 6.07) is 8.26. The average Bonchev–Trinajstić information content (AvgIpc) is 3.38. The Balaban J connectivity index is 1.78. The van der Waals surface area contributed by atoms with E-state index in [1.54, 1.807) is 34.9 Å². The summed E-state index contributed by atoms with van der Waals surface area (Å²) in [6.45, 7) is 4.35. The summed E-state index contributed by atoms with van der Waals surface area (Å²) in [6.07, 6.45) is 0. The molecule has 2 aliphatic rings. The average molecular weight is 586 g/mol. The van der Waals surface area contributed by atoms with Crippen molar-refractivity contribution in [3.8, 4) is 0 Å². The maximum absolute atomic E-state index is 12.1. The number of rotatable bonds is 5. The van der Waals surface area contributed by atoms with Crippen LogP contribution in [0.2, 0.25) is 0 Å². The minimum absolute atomic E-state index is 0.554. The maximum atomic E-state index is 12.1. The van der Waals surface area contributed by atoms with Crippen LogP contribution in [0.4, 0.5) is 0 Å². The third-order valence-electron chi connectivity index (χ3n) is 3.41. The molecule has 4 rings (SSSR count). The van der Waals surface area contributed by atoms with Gasteiger partial charge in [-0.15, -0.1) is 0 Å². The van der Waals surface area contributed by atoms with Crippen LogP contribution in [0, 0.1) is 0 Å². The van der Waals surface area contributed by atoms with Gasteiger partial charge in [0, 0.05) is 0 Å². The predicted octanol–water partition coefficient (Wildman–Crippen LogP) is 4.72. The van der Waals surface area contributed by atoms with Gasteiger partial charge in [0.25, 0.3) is 0 Å². The molecule has 28 heavy (non-hydrogen) atoms. The van der Waals surface area contributed by atoms with Crippen LogP contribution in [0.3, 0.4) is 0 Å². The summed E-state index contributed by atoms with van der Waals surface area (Å²) in [5.74, 6) is 2.10. The zero-order valence-electron chi connectivity index (χ0n) is 14.7. The molecule has 1 aromatic carbocycles. The molecule has 0 fully saturated rings. The molecule has 1 unspecified atom stereocenters. The van der Waals surface area contributed by atoms with Crippen LogP contribution in [-0.2, 0) is 3.83 Å². The fraction of sp³-hybridized carbons (Fsp3) is 0.235. The van der Waals surface area contributed by atoms with Crippen molar-refractivity contribution in [2.75, 3.05) is 11.5 Å². The minimum atomic E-state index is -3.23. The first kappa shape index (κ1) is 22.3. The van der Waals surface area contributed by atoms with Gasteiger partial charge in [0.05, 0.1) is 0 Å². The normalized spacial score (nSPS) is 17.5. The van der Waals surface area contributed by atoms with Crippen LogP contribution in [0.5, 0.6) is 0 Å². The molecule has 148 valence electrons. The van der Waals surface area contributed by atoms with Crippen LogP contribution in [0.15, 0.2) is 42.5 Å². The molecule has 0 spiro atoms. The van der Waals surface area contributed by atoms with Crippen molar-refractivity contribution in [2.24, 2.45) is 0 Å². The molecule has 2 aromatic rings. The van der Waals surface area contributed by atoms with Crippen LogP contribution in [0.25, 0.3) is 8.47 Å². The molecule has 11 heteroatoms. The van der Waals surface area contributed by atoms with Crippen molar-refractivity contribution < 1.29 is 8.02 Å². The van der Waals surface area contributed by atoms with Gasteiger partial charge < -0.3 is 0 Å². The second kappa shape index (κ2) is 10.2. The second-order valence-corrected chi connectivity index (χ2v) is 17.7. The van der Waals surface area contributed by atoms with Crippen LogP contribution >= 0.6 is 93.2 Å². The molecule has 0 aliphatic carbocycles. The SMILES string of the molecule is CCSC1=C(SCC)SC(=c2sc(=C3Sc4ccccc4S3)c([Se](=O)[O-])[s+]2)S1. The van der Waals surface area contributed by atoms with E-state index in [1.807, 2.05) is 59.2 Å². The van der Waals surface area contributed by atoms with Gasteiger partial charge >= 0.3 is 204 Å². The molecular formula is C17H14O2S8Se. The van der Waals surface area contributed by atoms with Crippen molar-refractivity contribution in [2.45, 2.75) is 23.6 Å². The first-order valence-corrected chi connectivity index (χ1v) is 17.3. The third-order valence-corrected chi connectivity index (χ3v) is 17.0. The van der Waals surface area contributed by atoms with E-state index in [1.165, 1.54) is 33.8 Å². The molecule has 2 aliphatic heterocycles. The van der Waals surface area contributed by atoms with E-state index in [0.29, 0.717) is 3.78 Å². The van der Waals surface area contributed by atoms with E-state index in [-0.39, 0.29) is 0 Å². The Kier molecular flexibility index (Phi) is 8.11. The molecule has 0 saturated carbocycles. The number of fused-ring (bicyclic) bond motifs is 1. The van der Waals surface area contributed by atoms with Gasteiger partial charge in [0.15, 0.2) is 0 Å². The Labute approximate surface area is 201 Å². The zero-order valence-corrected chi connectivity index (χ0v) is 23.0. The van der Waals surface area contributed by atoms with Gasteiger partial charge in [0.1, 0.15) is 0 Å². The van der Waals surface area contributed by atoms with E-state index >= 15 is 0 Å². The van der Waals surface area contributed by atoms with E-state index in [2.05, 4.69) is 26.0 Å². The molecule has 1 atom stereocenters. The fourth-order valence-electron chi connectivity index (χ4n) is 2.33. The van der Waals surface area contributed by atoms with Gasteiger partial charge in [-0.1, -0.05) is 0 Å². The molecular weight excluding hydrogens is 572 g/mol. The number of hydrogen-bond donors (Lipinski definition) is 0. The van der Waals surface area contributed by atoms with Gasteiger partial charge in [-0.3, -0.25) is 0 Å². The Bertz CT molecular complexity index is 1040. The van der Waals surface area contributed by atoms with Crippen molar-refractivity contribution in [3.63, 3.8) is 0 Å². The van der Waals surface area contributed by atoms with E-state index in [4.69, 9.17) is 0 Å². The molecule has 3 heterocycles. The van der Waals surface area contributed by atoms with Gasteiger partial charge in [0.2, 0.25) is 0 Å². The monoisotopic (exact) mass is 586 g/mol. The topological polar surface area (TPSA) is 40.1 Å². The molecule has 0 amide bonds. The molecule has 0 saturated heterocycles. The quantitative estimate of drug-likeness (QED) is 0.369. The van der Waals surface area contributed by atoms with E-state index in [9.17, 15) is 8.02 Å².